The number of rotatable bonds is 40. The van der Waals surface area contributed by atoms with Gasteiger partial charge in [-0.2, -0.15) is 0 Å². The highest BCUT2D eigenvalue weighted by atomic mass is 35.5. The van der Waals surface area contributed by atoms with E-state index in [2.05, 4.69) is 56.2 Å². The molecule has 0 atom stereocenters. The molecule has 3 aliphatic rings. The number of hydrogen-bond acceptors (Lipinski definition) is 20. The average molecular weight is 1900 g/mol. The highest BCUT2D eigenvalue weighted by Gasteiger charge is 2.36. The molecule has 31 nitrogen and oxygen atoms in total. The van der Waals surface area contributed by atoms with Crippen LogP contribution in [0.1, 0.15) is 259 Å². The second kappa shape index (κ2) is 54.9. The molecular formula is C97H138Cl2F3N15O16. The Morgan fingerprint density at radius 1 is 0.429 bits per heavy atom. The van der Waals surface area contributed by atoms with Gasteiger partial charge in [0.25, 0.3) is 35.4 Å². The molecule has 3 aliphatic heterocycles. The number of imide groups is 3. The normalized spacial score (nSPS) is 13.3. The molecule has 3 aromatic carbocycles. The van der Waals surface area contributed by atoms with Gasteiger partial charge >= 0.3 is 29.7 Å². The summed E-state index contributed by atoms with van der Waals surface area (Å²) in [5, 5.41) is 21.3. The molecule has 0 saturated carbocycles. The number of alkyl carbamates (subject to hydrolysis) is 2. The first-order valence-corrected chi connectivity index (χ1v) is 45.9. The van der Waals surface area contributed by atoms with Crippen LogP contribution in [-0.4, -0.2) is 244 Å². The van der Waals surface area contributed by atoms with Gasteiger partial charge in [-0.05, 0) is 275 Å². The van der Waals surface area contributed by atoms with E-state index in [1.54, 1.807) is 59.8 Å². The molecule has 11 amide bonds. The number of hydrogen-bond donors (Lipinski definition) is 10. The number of aliphatic hydroxyl groups is 1. The van der Waals surface area contributed by atoms with Crippen molar-refractivity contribution in [3.8, 4) is 0 Å². The maximum atomic E-state index is 14.0. The number of carbonyl (C=O) groups excluding carboxylic acids is 11. The topological polar surface area (TPSA) is 398 Å². The highest BCUT2D eigenvalue weighted by molar-refractivity contribution is 6.64. The summed E-state index contributed by atoms with van der Waals surface area (Å²) in [5.41, 5.74) is 14.2. The predicted octanol–water partition coefficient (Wildman–Crippen LogP) is 17.9. The van der Waals surface area contributed by atoms with Gasteiger partial charge < -0.3 is 86.0 Å². The summed E-state index contributed by atoms with van der Waals surface area (Å²) in [6.45, 7) is 42.6. The summed E-state index contributed by atoms with van der Waals surface area (Å²) in [6.07, 6.45) is 12.9. The Labute approximate surface area is 790 Å². The molecule has 0 spiro atoms. The molecule has 11 N–H and O–H groups in total. The number of amides is 11. The summed E-state index contributed by atoms with van der Waals surface area (Å²) in [4.78, 5) is 159. The van der Waals surface area contributed by atoms with Crippen LogP contribution in [0.25, 0.3) is 34.9 Å². The van der Waals surface area contributed by atoms with Gasteiger partial charge in [-0.3, -0.25) is 38.5 Å². The van der Waals surface area contributed by atoms with E-state index in [-0.39, 0.29) is 86.8 Å². The Hall–Kier alpha value is -11.1. The van der Waals surface area contributed by atoms with E-state index < -0.39 is 70.0 Å². The summed E-state index contributed by atoms with van der Waals surface area (Å²) < 4.78 is 62.9. The highest BCUT2D eigenvalue weighted by Crippen LogP contribution is 2.39. The number of aliphatic hydroxyl groups excluding tert-OH is 1. The Bertz CT molecular complexity index is 5070. The van der Waals surface area contributed by atoms with Crippen molar-refractivity contribution in [2.45, 2.75) is 213 Å². The van der Waals surface area contributed by atoms with Crippen LogP contribution in [0.15, 0.2) is 54.6 Å². The third kappa shape index (κ3) is 34.1. The standard InChI is InChI=1S/C34H48FN5O6.C29H40FN5O4.C23H26ClFN4O3.C11H23NO3.ClH/c1-8-39(9-2)17-18-40(33(44)45-19-13-11-10-12-16-36-32(43)46-34(5,6)7)31(42)29-22(3)28(37-23(29)4)21-26-25-20-24(35)14-15-27(25)38-30(26)41;1-5-34(6-2)14-15-35(29(38)39-16-10-8-7-9-13-31)28(37)26-19(3)25(32-20(26)4)18-23-22-17-21(30)11-12-24(22)33-27(23)36;1-5-28(6-2)9-10-29(23(24)32)22(31)20-13(3)19(26-14(20)4)12-17-16-11-15(25)7-8-18(16)27-21(17)30;1-11(2,3)15-10(14)12-8-6-4-5-7-9-13;/h14-15,20-21,37H,8-13,16-19H2,1-7H3,(H,36,43)(H,38,41);11-12,17-18,32H,5-10,13-16,31H2,1-4H3,(H,33,36);7-8,11-12,26H,5-6,9-10H2,1-4H3,(H,27,30);13H,4-9H2,1-3H3,(H,12,14);1H/b26-21-;23-18-;17-12-;;. The molecule has 0 aliphatic carbocycles. The molecule has 133 heavy (non-hydrogen) atoms. The van der Waals surface area contributed by atoms with Crippen LogP contribution in [0, 0.1) is 59.0 Å². The van der Waals surface area contributed by atoms with Gasteiger partial charge in [-0.25, -0.2) is 42.1 Å². The van der Waals surface area contributed by atoms with Crippen molar-refractivity contribution in [1.29, 1.82) is 0 Å². The van der Waals surface area contributed by atoms with Gasteiger partial charge in [-0.1, -0.05) is 73.6 Å². The van der Waals surface area contributed by atoms with Crippen LogP contribution in [0.4, 0.5) is 54.2 Å². The number of aryl methyl sites for hydroxylation is 3. The van der Waals surface area contributed by atoms with Crippen LogP contribution in [-0.2, 0) is 33.3 Å². The van der Waals surface area contributed by atoms with Gasteiger partial charge in [-0.15, -0.1) is 12.4 Å². The first-order valence-electron chi connectivity index (χ1n) is 45.6. The maximum Gasteiger partial charge on any atom is 0.416 e. The van der Waals surface area contributed by atoms with E-state index in [0.29, 0.717) is 159 Å². The lowest BCUT2D eigenvalue weighted by Gasteiger charge is -2.25. The van der Waals surface area contributed by atoms with E-state index in [1.165, 1.54) is 54.6 Å². The zero-order valence-corrected chi connectivity index (χ0v) is 82.0. The number of halogens is 5. The maximum absolute atomic E-state index is 14.0. The monoisotopic (exact) mass is 1900 g/mol. The third-order valence-corrected chi connectivity index (χ3v) is 22.5. The summed E-state index contributed by atoms with van der Waals surface area (Å²) in [7, 11) is 0. The average Bonchev–Trinajstić information content (AvgIpc) is 1.63. The first kappa shape index (κ1) is 112. The van der Waals surface area contributed by atoms with Crippen molar-refractivity contribution in [2.24, 2.45) is 5.73 Å². The van der Waals surface area contributed by atoms with Crippen molar-refractivity contribution in [3.05, 3.63) is 156 Å². The van der Waals surface area contributed by atoms with E-state index in [4.69, 9.17) is 41.4 Å². The van der Waals surface area contributed by atoms with Crippen molar-refractivity contribution in [2.75, 3.05) is 134 Å². The van der Waals surface area contributed by atoms with Gasteiger partial charge in [0, 0.05) is 127 Å². The molecule has 0 unspecified atom stereocenters. The Balaban J connectivity index is 0.000000330. The first-order chi connectivity index (χ1) is 62.6. The lowest BCUT2D eigenvalue weighted by atomic mass is 10.0. The molecule has 36 heteroatoms. The van der Waals surface area contributed by atoms with Crippen molar-refractivity contribution in [1.82, 2.24) is 55.0 Å². The SMILES string of the molecule is CC(C)(C)OC(=O)NCCCCCCO.CCN(CC)CCN(C(=O)Cl)C(=O)c1c(C)[nH]c(/C=C2\C(=O)Nc3ccc(F)cc32)c1C.CCN(CC)CCN(C(=O)OCCCCCCN)C(=O)c1c(C)[nH]c(/C=C2\C(=O)Nc3ccc(F)cc32)c1C.CCN(CC)CCN(C(=O)OCCCCCCNC(=O)OC(C)(C)C)C(=O)c1c(C)[nH]c(/C=C2\C(=O)Nc3ccc(F)cc32)c1C.Cl. The summed E-state index contributed by atoms with van der Waals surface area (Å²) in [6, 6.07) is 12.3. The van der Waals surface area contributed by atoms with Gasteiger partial charge in [0.2, 0.25) is 0 Å². The van der Waals surface area contributed by atoms with Crippen LogP contribution >= 0.6 is 24.0 Å². The Morgan fingerprint density at radius 2 is 0.714 bits per heavy atom. The second-order valence-electron chi connectivity index (χ2n) is 34.1. The lowest BCUT2D eigenvalue weighted by Crippen LogP contribution is -2.43. The van der Waals surface area contributed by atoms with Crippen molar-refractivity contribution >= 4 is 141 Å². The smallest absolute Gasteiger partial charge is 0.416 e. The fraction of sp³-hybridized carbons (Fsp3) is 0.515. The quantitative estimate of drug-likeness (QED) is 0.00561. The molecule has 0 saturated heterocycles. The number of nitrogens with one attached hydrogen (secondary N) is 8. The number of anilines is 3. The number of aromatic nitrogens is 3. The zero-order valence-electron chi connectivity index (χ0n) is 80.4. The van der Waals surface area contributed by atoms with Gasteiger partial charge in [0.05, 0.1) is 46.6 Å². The van der Waals surface area contributed by atoms with Crippen molar-refractivity contribution in [3.63, 3.8) is 0 Å². The fourth-order valence-electron chi connectivity index (χ4n) is 14.9. The summed E-state index contributed by atoms with van der Waals surface area (Å²) in [5.74, 6) is -3.92. The third-order valence-electron chi connectivity index (χ3n) is 22.3. The van der Waals surface area contributed by atoms with E-state index in [1.807, 2.05) is 83.1 Å². The van der Waals surface area contributed by atoms with Crippen LogP contribution in [0.2, 0.25) is 0 Å². The number of H-pyrrole nitrogens is 3. The number of benzene rings is 3. The molecule has 9 rings (SSSR count). The number of fused-ring (bicyclic) bond motifs is 3. The molecule has 6 heterocycles. The van der Waals surface area contributed by atoms with Crippen LogP contribution in [0.3, 0.4) is 0 Å². The van der Waals surface area contributed by atoms with E-state index >= 15 is 0 Å². The number of unbranched alkanes of at least 4 members (excludes halogenated alkanes) is 9. The number of nitrogens with two attached hydrogens (primary N) is 1. The number of likely N-dealkylation sites (N-methyl/N-ethyl adjacent to an activating group) is 3. The largest absolute Gasteiger partial charge is 0.449 e. The van der Waals surface area contributed by atoms with Crippen molar-refractivity contribution < 1.29 is 90.0 Å². The number of nitrogens with zero attached hydrogens (tertiary/aromatic N) is 6. The van der Waals surface area contributed by atoms with Crippen LogP contribution < -0.4 is 32.3 Å². The minimum atomic E-state index is -0.846. The van der Waals surface area contributed by atoms with Crippen LogP contribution in [0.5, 0.6) is 0 Å². The molecular weight excluding hydrogens is 1760 g/mol. The molecule has 6 aromatic rings. The fourth-order valence-corrected chi connectivity index (χ4v) is 15.0. The summed E-state index contributed by atoms with van der Waals surface area (Å²) >= 11 is 5.73. The molecule has 0 bridgehead atoms. The van der Waals surface area contributed by atoms with E-state index in [0.717, 1.165) is 118 Å². The lowest BCUT2D eigenvalue weighted by molar-refractivity contribution is -0.111. The Morgan fingerprint density at radius 3 is 1.00 bits per heavy atom. The Kier molecular flexibility index (Phi) is 46.4. The zero-order chi connectivity index (χ0) is 97.9. The van der Waals surface area contributed by atoms with Gasteiger partial charge in [0.15, 0.2) is 0 Å². The van der Waals surface area contributed by atoms with E-state index in [9.17, 15) is 65.9 Å². The number of carbonyl (C=O) groups is 11. The minimum absolute atomic E-state index is 0. The molecule has 0 radical (unpaired) electrons. The minimum Gasteiger partial charge on any atom is -0.449 e. The molecule has 0 fully saturated rings. The second-order valence-corrected chi connectivity index (χ2v) is 34.5. The number of aromatic amines is 3. The number of ether oxygens (including phenoxy) is 4. The van der Waals surface area contributed by atoms with Gasteiger partial charge in [0.1, 0.15) is 28.7 Å². The molecule has 3 aromatic heterocycles. The predicted molar refractivity (Wildman–Crippen MR) is 517 cm³/mol. The molecule has 732 valence electrons.